The predicted molar refractivity (Wildman–Crippen MR) is 83.6 cm³/mol. The second-order valence-electron chi connectivity index (χ2n) is 5.97. The maximum atomic E-state index is 5.91. The maximum Gasteiger partial charge on any atom is 0.209 e. The second kappa shape index (κ2) is 6.41. The number of aromatic nitrogens is 1. The van der Waals surface area contributed by atoms with Gasteiger partial charge in [0.1, 0.15) is 0 Å². The van der Waals surface area contributed by atoms with Crippen molar-refractivity contribution in [3.8, 4) is 11.3 Å². The van der Waals surface area contributed by atoms with Crippen LogP contribution in [0.3, 0.4) is 0 Å². The van der Waals surface area contributed by atoms with Crippen molar-refractivity contribution in [2.24, 2.45) is 11.7 Å². The summed E-state index contributed by atoms with van der Waals surface area (Å²) in [4.78, 5) is 6.83. The number of nitrogens with zero attached hydrogens (tertiary/aromatic N) is 2. The van der Waals surface area contributed by atoms with Gasteiger partial charge in [-0.05, 0) is 25.3 Å². The lowest BCUT2D eigenvalue weighted by Gasteiger charge is -2.37. The molecule has 0 bridgehead atoms. The van der Waals surface area contributed by atoms with E-state index >= 15 is 0 Å². The molecule has 1 aromatic heterocycles. The van der Waals surface area contributed by atoms with Crippen LogP contribution in [0.15, 0.2) is 40.9 Å². The summed E-state index contributed by atoms with van der Waals surface area (Å²) >= 11 is 0. The third-order valence-corrected chi connectivity index (χ3v) is 4.32. The summed E-state index contributed by atoms with van der Waals surface area (Å²) in [6.45, 7) is 4.84. The molecule has 4 nitrogen and oxygen atoms in total. The van der Waals surface area contributed by atoms with Crippen molar-refractivity contribution in [3.63, 3.8) is 0 Å². The molecule has 1 aliphatic heterocycles. The molecule has 1 fully saturated rings. The first-order valence-electron chi connectivity index (χ1n) is 7.70. The van der Waals surface area contributed by atoms with Crippen LogP contribution >= 0.6 is 0 Å². The van der Waals surface area contributed by atoms with Crippen molar-refractivity contribution in [1.82, 2.24) is 9.88 Å². The molecule has 2 heterocycles. The molecule has 0 radical (unpaired) electrons. The van der Waals surface area contributed by atoms with Gasteiger partial charge in [0.15, 0.2) is 5.76 Å². The van der Waals surface area contributed by atoms with E-state index in [2.05, 4.69) is 16.8 Å². The van der Waals surface area contributed by atoms with Gasteiger partial charge in [-0.25, -0.2) is 4.98 Å². The Hall–Kier alpha value is -1.65. The average Bonchev–Trinajstić information content (AvgIpc) is 2.98. The average molecular weight is 285 g/mol. The topological polar surface area (TPSA) is 55.3 Å². The van der Waals surface area contributed by atoms with Crippen LogP contribution in [0.4, 0.5) is 0 Å². The van der Waals surface area contributed by atoms with Crippen LogP contribution < -0.4 is 5.73 Å². The summed E-state index contributed by atoms with van der Waals surface area (Å²) in [5.74, 6) is 2.38. The molecule has 112 valence electrons. The Kier molecular flexibility index (Phi) is 4.36. The summed E-state index contributed by atoms with van der Waals surface area (Å²) in [7, 11) is 0. The Morgan fingerprint density at radius 1 is 1.33 bits per heavy atom. The third-order valence-electron chi connectivity index (χ3n) is 4.32. The highest BCUT2D eigenvalue weighted by atomic mass is 16.4. The number of rotatable bonds is 4. The number of likely N-dealkylation sites (tertiary alicyclic amines) is 1. The van der Waals surface area contributed by atoms with Crippen LogP contribution in [0, 0.1) is 5.92 Å². The van der Waals surface area contributed by atoms with Crippen molar-refractivity contribution >= 4 is 0 Å². The summed E-state index contributed by atoms with van der Waals surface area (Å²) < 4.78 is 5.90. The maximum absolute atomic E-state index is 5.91. The number of hydrogen-bond donors (Lipinski definition) is 1. The van der Waals surface area contributed by atoms with Gasteiger partial charge in [-0.15, -0.1) is 0 Å². The van der Waals surface area contributed by atoms with E-state index in [4.69, 9.17) is 10.2 Å². The summed E-state index contributed by atoms with van der Waals surface area (Å²) in [5.41, 5.74) is 6.98. The molecule has 0 spiro atoms. The van der Waals surface area contributed by atoms with Gasteiger partial charge in [-0.1, -0.05) is 37.3 Å². The Morgan fingerprint density at radius 3 is 2.90 bits per heavy atom. The summed E-state index contributed by atoms with van der Waals surface area (Å²) in [6.07, 6.45) is 4.21. The van der Waals surface area contributed by atoms with Crippen molar-refractivity contribution in [1.29, 1.82) is 0 Å². The molecular weight excluding hydrogens is 262 g/mol. The molecular formula is C17H23N3O. The predicted octanol–water partition coefficient (Wildman–Crippen LogP) is 2.90. The lowest BCUT2D eigenvalue weighted by Crippen LogP contribution is -2.45. The number of benzene rings is 1. The highest BCUT2D eigenvalue weighted by Gasteiger charge is 2.26. The third kappa shape index (κ3) is 3.34. The molecule has 0 aliphatic carbocycles. The molecule has 3 rings (SSSR count). The first-order valence-corrected chi connectivity index (χ1v) is 7.70. The van der Waals surface area contributed by atoms with E-state index in [1.54, 1.807) is 0 Å². The Morgan fingerprint density at radius 2 is 2.14 bits per heavy atom. The largest absolute Gasteiger partial charge is 0.439 e. The molecule has 1 aromatic carbocycles. The van der Waals surface area contributed by atoms with E-state index in [-0.39, 0.29) is 0 Å². The molecule has 4 heteroatoms. The lowest BCUT2D eigenvalue weighted by atomic mass is 9.92. The second-order valence-corrected chi connectivity index (χ2v) is 5.97. The zero-order valence-electron chi connectivity index (χ0n) is 12.5. The molecule has 1 aliphatic rings. The molecule has 2 atom stereocenters. The minimum absolute atomic E-state index is 0.445. The quantitative estimate of drug-likeness (QED) is 0.938. The minimum atomic E-state index is 0.445. The lowest BCUT2D eigenvalue weighted by molar-refractivity contribution is 0.105. The van der Waals surface area contributed by atoms with Gasteiger partial charge < -0.3 is 10.2 Å². The first-order chi connectivity index (χ1) is 10.3. The summed E-state index contributed by atoms with van der Waals surface area (Å²) in [5, 5.41) is 0. The zero-order valence-corrected chi connectivity index (χ0v) is 12.5. The van der Waals surface area contributed by atoms with Crippen molar-refractivity contribution in [2.45, 2.75) is 32.4 Å². The van der Waals surface area contributed by atoms with Crippen LogP contribution in [-0.4, -0.2) is 29.0 Å². The van der Waals surface area contributed by atoms with Crippen molar-refractivity contribution in [3.05, 3.63) is 42.4 Å². The monoisotopic (exact) mass is 285 g/mol. The van der Waals surface area contributed by atoms with E-state index in [1.165, 1.54) is 12.8 Å². The molecule has 21 heavy (non-hydrogen) atoms. The van der Waals surface area contributed by atoms with Crippen LogP contribution in [0.25, 0.3) is 11.3 Å². The minimum Gasteiger partial charge on any atom is -0.439 e. The molecule has 2 unspecified atom stereocenters. The van der Waals surface area contributed by atoms with Gasteiger partial charge in [0.05, 0.1) is 12.7 Å². The highest BCUT2D eigenvalue weighted by Crippen LogP contribution is 2.25. The van der Waals surface area contributed by atoms with E-state index in [0.29, 0.717) is 12.6 Å². The van der Waals surface area contributed by atoms with E-state index < -0.39 is 0 Å². The Bertz CT molecular complexity index is 566. The van der Waals surface area contributed by atoms with Gasteiger partial charge in [0, 0.05) is 18.2 Å². The number of oxazole rings is 1. The van der Waals surface area contributed by atoms with Crippen molar-refractivity contribution in [2.75, 3.05) is 13.1 Å². The van der Waals surface area contributed by atoms with Gasteiger partial charge >= 0.3 is 0 Å². The van der Waals surface area contributed by atoms with Gasteiger partial charge in [0.2, 0.25) is 5.89 Å². The van der Waals surface area contributed by atoms with Crippen LogP contribution in [0.5, 0.6) is 0 Å². The molecule has 1 saturated heterocycles. The fraction of sp³-hybridized carbons (Fsp3) is 0.471. The first kappa shape index (κ1) is 14.3. The van der Waals surface area contributed by atoms with E-state index in [1.807, 2.05) is 36.5 Å². The van der Waals surface area contributed by atoms with Crippen LogP contribution in [0.2, 0.25) is 0 Å². The Labute approximate surface area is 126 Å². The van der Waals surface area contributed by atoms with Gasteiger partial charge in [-0.3, -0.25) is 4.90 Å². The summed E-state index contributed by atoms with van der Waals surface area (Å²) in [6, 6.07) is 10.5. The number of piperidine rings is 1. The Balaban J connectivity index is 1.69. The fourth-order valence-corrected chi connectivity index (χ4v) is 3.05. The molecule has 2 aromatic rings. The van der Waals surface area contributed by atoms with Crippen LogP contribution in [0.1, 0.15) is 25.7 Å². The molecule has 2 N–H and O–H groups in total. The number of hydrogen-bond acceptors (Lipinski definition) is 4. The van der Waals surface area contributed by atoms with Crippen LogP contribution in [-0.2, 0) is 6.54 Å². The van der Waals surface area contributed by atoms with Crippen molar-refractivity contribution < 1.29 is 4.42 Å². The smallest absolute Gasteiger partial charge is 0.209 e. The fourth-order valence-electron chi connectivity index (χ4n) is 3.05. The highest BCUT2D eigenvalue weighted by molar-refractivity contribution is 5.55. The standard InChI is InChI=1S/C17H23N3O/c1-13-7-8-20(15(9-13)10-18)12-17-19-11-16(21-17)14-5-3-2-4-6-14/h2-6,11,13,15H,7-10,12,18H2,1H3. The normalized spacial score (nSPS) is 23.3. The SMILES string of the molecule is CC1CCN(Cc2ncc(-c3ccccc3)o2)C(CN)C1. The molecule has 0 saturated carbocycles. The molecule has 0 amide bonds. The van der Waals surface area contributed by atoms with E-state index in [9.17, 15) is 0 Å². The zero-order chi connectivity index (χ0) is 14.7. The van der Waals surface area contributed by atoms with E-state index in [0.717, 1.165) is 36.2 Å². The number of nitrogens with two attached hydrogens (primary N) is 1. The van der Waals surface area contributed by atoms with Gasteiger partial charge in [-0.2, -0.15) is 0 Å². The van der Waals surface area contributed by atoms with Gasteiger partial charge in [0.25, 0.3) is 0 Å².